The van der Waals surface area contributed by atoms with Gasteiger partial charge in [0, 0.05) is 6.26 Å². The number of rotatable bonds is 2. The molecule has 0 saturated carbocycles. The predicted octanol–water partition coefficient (Wildman–Crippen LogP) is 2.82. The van der Waals surface area contributed by atoms with Crippen LogP contribution in [0.15, 0.2) is 23.1 Å². The molecule has 0 atom stereocenters. The lowest BCUT2D eigenvalue weighted by Crippen LogP contribution is -2.10. The van der Waals surface area contributed by atoms with Gasteiger partial charge in [0.15, 0.2) is 9.84 Å². The molecule has 0 fully saturated rings. The van der Waals surface area contributed by atoms with E-state index in [4.69, 9.17) is 0 Å². The number of hydrogen-bond donors (Lipinski definition) is 0. The molecule has 0 radical (unpaired) electrons. The molecular weight excluding hydrogens is 227 g/mol. The lowest BCUT2D eigenvalue weighted by Gasteiger charge is -2.18. The van der Waals surface area contributed by atoms with E-state index in [9.17, 15) is 12.8 Å². The van der Waals surface area contributed by atoms with Crippen molar-refractivity contribution < 1.29 is 12.8 Å². The molecule has 16 heavy (non-hydrogen) atoms. The third-order valence-corrected chi connectivity index (χ3v) is 3.26. The van der Waals surface area contributed by atoms with E-state index in [0.29, 0.717) is 6.42 Å². The molecule has 0 N–H and O–H groups in total. The summed E-state index contributed by atoms with van der Waals surface area (Å²) in [7, 11) is -3.47. The van der Waals surface area contributed by atoms with Crippen molar-refractivity contribution in [3.63, 3.8) is 0 Å². The van der Waals surface area contributed by atoms with Crippen LogP contribution in [0.3, 0.4) is 0 Å². The highest BCUT2D eigenvalue weighted by atomic mass is 32.2. The van der Waals surface area contributed by atoms with Crippen molar-refractivity contribution in [1.29, 1.82) is 0 Å². The van der Waals surface area contributed by atoms with E-state index in [-0.39, 0.29) is 10.3 Å². The van der Waals surface area contributed by atoms with Gasteiger partial charge in [0.25, 0.3) is 0 Å². The van der Waals surface area contributed by atoms with Crippen LogP contribution in [0.5, 0.6) is 0 Å². The molecule has 1 rings (SSSR count). The Morgan fingerprint density at radius 3 is 2.19 bits per heavy atom. The Morgan fingerprint density at radius 1 is 1.25 bits per heavy atom. The first-order chi connectivity index (χ1) is 7.09. The van der Waals surface area contributed by atoms with Crippen LogP contribution in [0.25, 0.3) is 0 Å². The lowest BCUT2D eigenvalue weighted by molar-refractivity contribution is 0.410. The average Bonchev–Trinajstić information content (AvgIpc) is 1.97. The Kier molecular flexibility index (Phi) is 3.43. The van der Waals surface area contributed by atoms with Crippen LogP contribution in [0, 0.1) is 11.2 Å². The Morgan fingerprint density at radius 2 is 1.81 bits per heavy atom. The van der Waals surface area contributed by atoms with E-state index >= 15 is 0 Å². The number of halogens is 1. The number of sulfone groups is 1. The Labute approximate surface area is 96.4 Å². The molecule has 0 amide bonds. The maximum atomic E-state index is 13.5. The van der Waals surface area contributed by atoms with Crippen LogP contribution in [-0.4, -0.2) is 14.7 Å². The van der Waals surface area contributed by atoms with E-state index in [1.54, 1.807) is 6.07 Å². The van der Waals surface area contributed by atoms with Crippen LogP contribution in [0.2, 0.25) is 0 Å². The SMILES string of the molecule is CC(C)(C)Cc1ccc(S(C)(=O)=O)c(F)c1. The fraction of sp³-hybridized carbons (Fsp3) is 0.500. The smallest absolute Gasteiger partial charge is 0.178 e. The molecule has 0 heterocycles. The molecule has 0 aromatic heterocycles. The standard InChI is InChI=1S/C12H17FO2S/c1-12(2,3)8-9-5-6-11(10(13)7-9)16(4,14)15/h5-7H,8H2,1-4H3. The second kappa shape index (κ2) is 4.17. The van der Waals surface area contributed by atoms with Gasteiger partial charge in [0.05, 0.1) is 0 Å². The van der Waals surface area contributed by atoms with Gasteiger partial charge in [-0.2, -0.15) is 0 Å². The summed E-state index contributed by atoms with van der Waals surface area (Å²) >= 11 is 0. The maximum Gasteiger partial charge on any atom is 0.178 e. The molecule has 0 saturated heterocycles. The summed E-state index contributed by atoms with van der Waals surface area (Å²) in [5, 5.41) is 0. The zero-order chi connectivity index (χ0) is 12.6. The summed E-state index contributed by atoms with van der Waals surface area (Å²) in [6.45, 7) is 6.15. The minimum atomic E-state index is -3.47. The van der Waals surface area contributed by atoms with Gasteiger partial charge in [-0.25, -0.2) is 12.8 Å². The summed E-state index contributed by atoms with van der Waals surface area (Å²) in [5.41, 5.74) is 0.872. The molecule has 1 aromatic carbocycles. The average molecular weight is 244 g/mol. The van der Waals surface area contributed by atoms with Gasteiger partial charge in [-0.3, -0.25) is 0 Å². The fourth-order valence-corrected chi connectivity index (χ4v) is 2.30. The van der Waals surface area contributed by atoms with Gasteiger partial charge in [0.1, 0.15) is 10.7 Å². The van der Waals surface area contributed by atoms with Gasteiger partial charge in [-0.1, -0.05) is 26.8 Å². The summed E-state index contributed by atoms with van der Waals surface area (Å²) in [4.78, 5) is -0.231. The molecule has 0 spiro atoms. The number of hydrogen-bond acceptors (Lipinski definition) is 2. The van der Waals surface area contributed by atoms with Gasteiger partial charge < -0.3 is 0 Å². The largest absolute Gasteiger partial charge is 0.224 e. The highest BCUT2D eigenvalue weighted by Gasteiger charge is 2.16. The summed E-state index contributed by atoms with van der Waals surface area (Å²) < 4.78 is 36.0. The normalized spacial score (nSPS) is 12.8. The molecule has 4 heteroatoms. The second-order valence-electron chi connectivity index (χ2n) is 5.27. The van der Waals surface area contributed by atoms with E-state index < -0.39 is 15.7 Å². The van der Waals surface area contributed by atoms with E-state index in [0.717, 1.165) is 11.8 Å². The van der Waals surface area contributed by atoms with Crippen LogP contribution >= 0.6 is 0 Å². The monoisotopic (exact) mass is 244 g/mol. The van der Waals surface area contributed by atoms with Crippen molar-refractivity contribution in [2.45, 2.75) is 32.1 Å². The van der Waals surface area contributed by atoms with Crippen molar-refractivity contribution in [3.8, 4) is 0 Å². The minimum Gasteiger partial charge on any atom is -0.224 e. The quantitative estimate of drug-likeness (QED) is 0.801. The lowest BCUT2D eigenvalue weighted by atomic mass is 9.88. The molecule has 0 aliphatic carbocycles. The highest BCUT2D eigenvalue weighted by molar-refractivity contribution is 7.90. The molecule has 0 unspecified atom stereocenters. The summed E-state index contributed by atoms with van der Waals surface area (Å²) in [6.07, 6.45) is 1.73. The van der Waals surface area contributed by atoms with Crippen molar-refractivity contribution in [2.75, 3.05) is 6.26 Å². The number of benzene rings is 1. The molecule has 2 nitrogen and oxygen atoms in total. The molecule has 90 valence electrons. The van der Waals surface area contributed by atoms with Crippen LogP contribution in [0.1, 0.15) is 26.3 Å². The van der Waals surface area contributed by atoms with Crippen molar-refractivity contribution >= 4 is 9.84 Å². The van der Waals surface area contributed by atoms with Crippen LogP contribution in [-0.2, 0) is 16.3 Å². The highest BCUT2D eigenvalue weighted by Crippen LogP contribution is 2.23. The van der Waals surface area contributed by atoms with Gasteiger partial charge in [-0.15, -0.1) is 0 Å². The van der Waals surface area contributed by atoms with E-state index in [1.165, 1.54) is 12.1 Å². The fourth-order valence-electron chi connectivity index (χ4n) is 1.57. The van der Waals surface area contributed by atoms with E-state index in [2.05, 4.69) is 20.8 Å². The summed E-state index contributed by atoms with van der Waals surface area (Å²) in [5.74, 6) is -0.663. The first-order valence-corrected chi connectivity index (χ1v) is 6.97. The molecule has 1 aromatic rings. The first-order valence-electron chi connectivity index (χ1n) is 5.08. The third kappa shape index (κ3) is 3.59. The first kappa shape index (κ1) is 13.2. The second-order valence-corrected chi connectivity index (χ2v) is 7.26. The van der Waals surface area contributed by atoms with Crippen molar-refractivity contribution in [1.82, 2.24) is 0 Å². The van der Waals surface area contributed by atoms with Gasteiger partial charge in [0.2, 0.25) is 0 Å². The molecule has 0 aliphatic rings. The molecular formula is C12H17FO2S. The Hall–Kier alpha value is -0.900. The molecule has 0 bridgehead atoms. The topological polar surface area (TPSA) is 34.1 Å². The van der Waals surface area contributed by atoms with Crippen molar-refractivity contribution in [3.05, 3.63) is 29.6 Å². The third-order valence-electron chi connectivity index (χ3n) is 2.13. The zero-order valence-electron chi connectivity index (χ0n) is 10.0. The Balaban J connectivity index is 3.10. The van der Waals surface area contributed by atoms with E-state index in [1.807, 2.05) is 0 Å². The van der Waals surface area contributed by atoms with Crippen LogP contribution < -0.4 is 0 Å². The zero-order valence-corrected chi connectivity index (χ0v) is 10.9. The predicted molar refractivity (Wildman–Crippen MR) is 62.7 cm³/mol. The van der Waals surface area contributed by atoms with Gasteiger partial charge >= 0.3 is 0 Å². The summed E-state index contributed by atoms with van der Waals surface area (Å²) in [6, 6.07) is 4.32. The Bertz CT molecular complexity index is 484. The van der Waals surface area contributed by atoms with Gasteiger partial charge in [-0.05, 0) is 29.5 Å². The maximum absolute atomic E-state index is 13.5. The minimum absolute atomic E-state index is 0.0546. The van der Waals surface area contributed by atoms with Crippen molar-refractivity contribution in [2.24, 2.45) is 5.41 Å². The molecule has 0 aliphatic heterocycles. The van der Waals surface area contributed by atoms with Crippen LogP contribution in [0.4, 0.5) is 4.39 Å².